The largest absolute Gasteiger partial charge is 0.493 e. The molecule has 5 nitrogen and oxygen atoms in total. The number of hydrogen-bond acceptors (Lipinski definition) is 5. The Labute approximate surface area is 141 Å². The predicted molar refractivity (Wildman–Crippen MR) is 91.2 cm³/mol. The van der Waals surface area contributed by atoms with Crippen molar-refractivity contribution in [3.63, 3.8) is 0 Å². The van der Waals surface area contributed by atoms with Gasteiger partial charge in [0.1, 0.15) is 0 Å². The highest BCUT2D eigenvalue weighted by Crippen LogP contribution is 2.36. The number of thiophene rings is 1. The van der Waals surface area contributed by atoms with E-state index in [1.165, 1.54) is 7.11 Å². The number of carbonyl (C=O) groups is 1. The fraction of sp³-hybridized carbons (Fsp3) is 0.200. The lowest BCUT2D eigenvalue weighted by atomic mass is 10.2. The Hall–Kier alpha value is -1.86. The van der Waals surface area contributed by atoms with Gasteiger partial charge in [-0.05, 0) is 46.4 Å². The number of nitrogens with one attached hydrogen (secondary N) is 1. The Bertz CT molecular complexity index is 672. The van der Waals surface area contributed by atoms with Crippen LogP contribution in [0.3, 0.4) is 0 Å². The molecule has 0 bridgehead atoms. The molecule has 0 aliphatic heterocycles. The summed E-state index contributed by atoms with van der Waals surface area (Å²) in [5.41, 5.74) is 2.91. The third-order valence-electron chi connectivity index (χ3n) is 2.68. The van der Waals surface area contributed by atoms with Crippen molar-refractivity contribution in [1.82, 2.24) is 5.43 Å². The van der Waals surface area contributed by atoms with Crippen LogP contribution in [-0.2, 0) is 0 Å². The van der Waals surface area contributed by atoms with Crippen molar-refractivity contribution in [3.8, 4) is 11.5 Å². The first-order valence-electron chi connectivity index (χ1n) is 6.53. The molecule has 0 fully saturated rings. The quantitative estimate of drug-likeness (QED) is 0.612. The average Bonchev–Trinajstić information content (AvgIpc) is 3.02. The molecule has 1 heterocycles. The molecule has 1 aromatic carbocycles. The number of amides is 1. The molecule has 0 radical (unpaired) electrons. The van der Waals surface area contributed by atoms with Crippen LogP contribution in [-0.4, -0.2) is 25.8 Å². The maximum Gasteiger partial charge on any atom is 0.271 e. The SMILES string of the molecule is CCOc1c(Br)cc(C(=O)N/N=C\c2cccs2)cc1OC. The zero-order valence-electron chi connectivity index (χ0n) is 12.1. The van der Waals surface area contributed by atoms with Crippen molar-refractivity contribution >= 4 is 39.4 Å². The molecule has 22 heavy (non-hydrogen) atoms. The second-order valence-electron chi connectivity index (χ2n) is 4.14. The lowest BCUT2D eigenvalue weighted by Crippen LogP contribution is -2.17. The Morgan fingerprint density at radius 1 is 1.50 bits per heavy atom. The van der Waals surface area contributed by atoms with Gasteiger partial charge in [0, 0.05) is 10.4 Å². The van der Waals surface area contributed by atoms with Gasteiger partial charge >= 0.3 is 0 Å². The summed E-state index contributed by atoms with van der Waals surface area (Å²) in [7, 11) is 1.53. The highest BCUT2D eigenvalue weighted by Gasteiger charge is 2.15. The average molecular weight is 383 g/mol. The maximum atomic E-state index is 12.1. The molecule has 2 rings (SSSR count). The van der Waals surface area contributed by atoms with E-state index in [1.54, 1.807) is 29.7 Å². The van der Waals surface area contributed by atoms with E-state index in [0.717, 1.165) is 4.88 Å². The van der Waals surface area contributed by atoms with Crippen molar-refractivity contribution in [3.05, 3.63) is 44.6 Å². The monoisotopic (exact) mass is 382 g/mol. The Morgan fingerprint density at radius 3 is 2.95 bits per heavy atom. The summed E-state index contributed by atoms with van der Waals surface area (Å²) in [6.07, 6.45) is 1.60. The molecule has 1 amide bonds. The molecule has 0 saturated heterocycles. The van der Waals surface area contributed by atoms with Crippen molar-refractivity contribution in [2.45, 2.75) is 6.92 Å². The Morgan fingerprint density at radius 2 is 2.32 bits per heavy atom. The van der Waals surface area contributed by atoms with Crippen LogP contribution in [0, 0.1) is 0 Å². The molecule has 0 aliphatic carbocycles. The molecule has 2 aromatic rings. The maximum absolute atomic E-state index is 12.1. The van der Waals surface area contributed by atoms with Crippen LogP contribution in [0.1, 0.15) is 22.2 Å². The summed E-state index contributed by atoms with van der Waals surface area (Å²) in [6.45, 7) is 2.39. The zero-order valence-corrected chi connectivity index (χ0v) is 14.5. The smallest absolute Gasteiger partial charge is 0.271 e. The van der Waals surface area contributed by atoms with Crippen LogP contribution in [0.5, 0.6) is 11.5 Å². The predicted octanol–water partition coefficient (Wildman–Crippen LogP) is 3.68. The summed E-state index contributed by atoms with van der Waals surface area (Å²) in [4.78, 5) is 13.1. The van der Waals surface area contributed by atoms with Gasteiger partial charge in [0.25, 0.3) is 5.91 Å². The number of hydrazone groups is 1. The highest BCUT2D eigenvalue weighted by molar-refractivity contribution is 9.10. The first kappa shape index (κ1) is 16.5. The van der Waals surface area contributed by atoms with Crippen molar-refractivity contribution in [2.24, 2.45) is 5.10 Å². The number of halogens is 1. The van der Waals surface area contributed by atoms with E-state index >= 15 is 0 Å². The molecule has 0 spiro atoms. The van der Waals surface area contributed by atoms with Gasteiger partial charge in [0.05, 0.1) is 24.4 Å². The van der Waals surface area contributed by atoms with Crippen LogP contribution in [0.25, 0.3) is 0 Å². The van der Waals surface area contributed by atoms with Gasteiger partial charge < -0.3 is 9.47 Å². The number of ether oxygens (including phenoxy) is 2. The van der Waals surface area contributed by atoms with E-state index in [1.807, 2.05) is 24.4 Å². The normalized spacial score (nSPS) is 10.7. The van der Waals surface area contributed by atoms with Crippen LogP contribution >= 0.6 is 27.3 Å². The summed E-state index contributed by atoms with van der Waals surface area (Å²) >= 11 is 4.93. The van der Waals surface area contributed by atoms with E-state index in [2.05, 4.69) is 26.5 Å². The van der Waals surface area contributed by atoms with Crippen LogP contribution in [0.4, 0.5) is 0 Å². The Kier molecular flexibility index (Phi) is 5.97. The van der Waals surface area contributed by atoms with Gasteiger partial charge in [-0.15, -0.1) is 11.3 Å². The molecule has 0 aliphatic rings. The third-order valence-corrected chi connectivity index (χ3v) is 4.08. The summed E-state index contributed by atoms with van der Waals surface area (Å²) in [5.74, 6) is 0.738. The van der Waals surface area contributed by atoms with Gasteiger partial charge in [-0.3, -0.25) is 4.79 Å². The fourth-order valence-corrected chi connectivity index (χ4v) is 2.86. The second-order valence-corrected chi connectivity index (χ2v) is 5.97. The standard InChI is InChI=1S/C15H15BrN2O3S/c1-3-21-14-12(16)7-10(8-13(14)20-2)15(19)18-17-9-11-5-4-6-22-11/h4-9H,3H2,1-2H3,(H,18,19)/b17-9-. The van der Waals surface area contributed by atoms with Gasteiger partial charge in [-0.25, -0.2) is 5.43 Å². The van der Waals surface area contributed by atoms with E-state index in [4.69, 9.17) is 9.47 Å². The van der Waals surface area contributed by atoms with Gasteiger partial charge in [-0.1, -0.05) is 6.07 Å². The molecular weight excluding hydrogens is 368 g/mol. The van der Waals surface area contributed by atoms with Gasteiger partial charge in [0.15, 0.2) is 11.5 Å². The second kappa shape index (κ2) is 7.95. The number of carbonyl (C=O) groups excluding carboxylic acids is 1. The first-order valence-corrected chi connectivity index (χ1v) is 8.20. The van der Waals surface area contributed by atoms with E-state index in [9.17, 15) is 4.79 Å². The lowest BCUT2D eigenvalue weighted by molar-refractivity contribution is 0.0954. The number of rotatable bonds is 6. The van der Waals surface area contributed by atoms with Crippen molar-refractivity contribution < 1.29 is 14.3 Å². The van der Waals surface area contributed by atoms with Crippen molar-refractivity contribution in [2.75, 3.05) is 13.7 Å². The van der Waals surface area contributed by atoms with Crippen LogP contribution in [0.15, 0.2) is 39.2 Å². The first-order chi connectivity index (χ1) is 10.7. The number of hydrogen-bond donors (Lipinski definition) is 1. The molecule has 0 unspecified atom stereocenters. The molecular formula is C15H15BrN2O3S. The highest BCUT2D eigenvalue weighted by atomic mass is 79.9. The lowest BCUT2D eigenvalue weighted by Gasteiger charge is -2.12. The topological polar surface area (TPSA) is 59.9 Å². The number of benzene rings is 1. The number of nitrogens with zero attached hydrogens (tertiary/aromatic N) is 1. The molecule has 116 valence electrons. The molecule has 0 saturated carbocycles. The number of methoxy groups -OCH3 is 1. The summed E-state index contributed by atoms with van der Waals surface area (Å²) < 4.78 is 11.4. The minimum absolute atomic E-state index is 0.324. The fourth-order valence-electron chi connectivity index (χ4n) is 1.72. The van der Waals surface area contributed by atoms with E-state index < -0.39 is 0 Å². The summed E-state index contributed by atoms with van der Waals surface area (Å²) in [5, 5.41) is 5.87. The summed E-state index contributed by atoms with van der Waals surface area (Å²) in [6, 6.07) is 7.12. The molecule has 1 aromatic heterocycles. The third kappa shape index (κ3) is 4.08. The molecule has 0 atom stereocenters. The molecule has 1 N–H and O–H groups in total. The van der Waals surface area contributed by atoms with E-state index in [0.29, 0.717) is 28.1 Å². The van der Waals surface area contributed by atoms with Crippen LogP contribution < -0.4 is 14.9 Å². The van der Waals surface area contributed by atoms with Crippen LogP contribution in [0.2, 0.25) is 0 Å². The van der Waals surface area contributed by atoms with E-state index in [-0.39, 0.29) is 5.91 Å². The zero-order chi connectivity index (χ0) is 15.9. The minimum Gasteiger partial charge on any atom is -0.493 e. The molecule has 7 heteroatoms. The minimum atomic E-state index is -0.324. The van der Waals surface area contributed by atoms with Gasteiger partial charge in [0.2, 0.25) is 0 Å². The van der Waals surface area contributed by atoms with Crippen molar-refractivity contribution in [1.29, 1.82) is 0 Å². The Balaban J connectivity index is 2.14. The van der Waals surface area contributed by atoms with Gasteiger partial charge in [-0.2, -0.15) is 5.10 Å².